The van der Waals surface area contributed by atoms with Crippen LogP contribution in [0.25, 0.3) is 0 Å². The van der Waals surface area contributed by atoms with Gasteiger partial charge >= 0.3 is 5.97 Å². The molecule has 0 saturated carbocycles. The Hall–Kier alpha value is -0.910. The van der Waals surface area contributed by atoms with Crippen LogP contribution in [0.3, 0.4) is 0 Å². The van der Waals surface area contributed by atoms with Gasteiger partial charge in [0.15, 0.2) is 0 Å². The summed E-state index contributed by atoms with van der Waals surface area (Å²) < 4.78 is 5.43. The Balaban J connectivity index is 2.87. The van der Waals surface area contributed by atoms with E-state index in [1.54, 1.807) is 0 Å². The quantitative estimate of drug-likeness (QED) is 0.792. The maximum atomic E-state index is 12.3. The normalized spacial score (nSPS) is 16.5. The Labute approximate surface area is 124 Å². The molecule has 1 aromatic heterocycles. The van der Waals surface area contributed by atoms with E-state index in [2.05, 4.69) is 0 Å². The molecule has 4 nitrogen and oxygen atoms in total. The third-order valence-corrected chi connectivity index (χ3v) is 3.93. The molecule has 0 fully saturated rings. The molecule has 0 saturated heterocycles. The van der Waals surface area contributed by atoms with Crippen LogP contribution in [0.4, 0.5) is 0 Å². The van der Waals surface area contributed by atoms with Crippen LogP contribution in [0.15, 0.2) is 17.5 Å². The zero-order chi connectivity index (χ0) is 15.3. The van der Waals surface area contributed by atoms with Crippen molar-refractivity contribution in [3.8, 4) is 0 Å². The molecule has 1 aromatic rings. The summed E-state index contributed by atoms with van der Waals surface area (Å²) in [5.41, 5.74) is 5.08. The molecule has 0 aliphatic heterocycles. The lowest BCUT2D eigenvalue weighted by Crippen LogP contribution is -2.33. The molecule has 3 N–H and O–H groups in total. The summed E-state index contributed by atoms with van der Waals surface area (Å²) in [5.74, 6) is -0.785. The Morgan fingerprint density at radius 2 is 2.15 bits per heavy atom. The van der Waals surface area contributed by atoms with Gasteiger partial charge in [-0.05, 0) is 51.1 Å². The van der Waals surface area contributed by atoms with E-state index >= 15 is 0 Å². The lowest BCUT2D eigenvalue weighted by molar-refractivity contribution is -0.165. The fraction of sp³-hybridized carbons (Fsp3) is 0.667. The van der Waals surface area contributed by atoms with Gasteiger partial charge in [0.05, 0.1) is 5.92 Å². The summed E-state index contributed by atoms with van der Waals surface area (Å²) in [6.45, 7) is 7.93. The number of thiophene rings is 1. The molecule has 0 radical (unpaired) electrons. The molecule has 0 aliphatic rings. The van der Waals surface area contributed by atoms with Crippen molar-refractivity contribution in [2.24, 2.45) is 17.6 Å². The van der Waals surface area contributed by atoms with Gasteiger partial charge in [0.1, 0.15) is 11.7 Å². The molecule has 0 aliphatic carbocycles. The lowest BCUT2D eigenvalue weighted by atomic mass is 9.90. The summed E-state index contributed by atoms with van der Waals surface area (Å²) in [5, 5.41) is 12.3. The van der Waals surface area contributed by atoms with Crippen LogP contribution in [0, 0.1) is 11.8 Å². The summed E-state index contributed by atoms with van der Waals surface area (Å²) >= 11 is 1.44. The summed E-state index contributed by atoms with van der Waals surface area (Å²) in [7, 11) is 0. The van der Waals surface area contributed by atoms with E-state index in [4.69, 9.17) is 10.5 Å². The smallest absolute Gasteiger partial charge is 0.312 e. The first-order valence-electron chi connectivity index (χ1n) is 6.89. The van der Waals surface area contributed by atoms with Crippen LogP contribution in [-0.2, 0) is 9.53 Å². The zero-order valence-electron chi connectivity index (χ0n) is 12.6. The molecule has 0 spiro atoms. The van der Waals surface area contributed by atoms with Crippen LogP contribution in [0.1, 0.15) is 45.1 Å². The number of aliphatic hydroxyl groups excluding tert-OH is 1. The fourth-order valence-electron chi connectivity index (χ4n) is 1.92. The van der Waals surface area contributed by atoms with E-state index in [9.17, 15) is 9.90 Å². The van der Waals surface area contributed by atoms with E-state index in [0.29, 0.717) is 13.0 Å². The number of aliphatic hydroxyl groups is 1. The first-order chi connectivity index (χ1) is 9.24. The number of rotatable bonds is 6. The van der Waals surface area contributed by atoms with Gasteiger partial charge < -0.3 is 15.6 Å². The van der Waals surface area contributed by atoms with Crippen LogP contribution in [0.2, 0.25) is 0 Å². The molecule has 0 bridgehead atoms. The number of ether oxygens (including phenoxy) is 1. The van der Waals surface area contributed by atoms with Gasteiger partial charge in [-0.1, -0.05) is 13.0 Å². The molecule has 5 heteroatoms. The van der Waals surface area contributed by atoms with Crippen molar-refractivity contribution in [2.45, 2.75) is 45.8 Å². The number of hydrogen-bond acceptors (Lipinski definition) is 5. The standard InChI is InChI=1S/C15H25NO3S/c1-10(9-16)8-11(14(18)19-15(2,3)4)13(17)12-6-5-7-20-12/h5-7,10-11,13,17H,8-9,16H2,1-4H3. The SMILES string of the molecule is CC(CN)CC(C(=O)OC(C)(C)C)C(O)c1cccs1. The Morgan fingerprint density at radius 1 is 1.50 bits per heavy atom. The van der Waals surface area contributed by atoms with Gasteiger partial charge in [0.2, 0.25) is 0 Å². The average molecular weight is 299 g/mol. The minimum absolute atomic E-state index is 0.155. The first kappa shape index (κ1) is 17.1. The van der Waals surface area contributed by atoms with Crippen molar-refractivity contribution in [1.29, 1.82) is 0 Å². The van der Waals surface area contributed by atoms with Crippen LogP contribution in [0.5, 0.6) is 0 Å². The number of carbonyl (C=O) groups excluding carboxylic acids is 1. The second kappa shape index (κ2) is 7.20. The molecule has 0 amide bonds. The topological polar surface area (TPSA) is 72.6 Å². The van der Waals surface area contributed by atoms with Gasteiger partial charge in [0, 0.05) is 4.88 Å². The molecule has 3 atom stereocenters. The van der Waals surface area contributed by atoms with E-state index in [1.165, 1.54) is 11.3 Å². The minimum Gasteiger partial charge on any atom is -0.460 e. The predicted molar refractivity (Wildman–Crippen MR) is 81.4 cm³/mol. The predicted octanol–water partition coefficient (Wildman–Crippen LogP) is 2.72. The number of carbonyl (C=O) groups is 1. The van der Waals surface area contributed by atoms with E-state index in [-0.39, 0.29) is 11.9 Å². The van der Waals surface area contributed by atoms with Crippen molar-refractivity contribution in [3.63, 3.8) is 0 Å². The van der Waals surface area contributed by atoms with Gasteiger partial charge in [-0.2, -0.15) is 0 Å². The number of hydrogen-bond donors (Lipinski definition) is 2. The molecular formula is C15H25NO3S. The highest BCUT2D eigenvalue weighted by atomic mass is 32.1. The molecule has 1 rings (SSSR count). The average Bonchev–Trinajstić information content (AvgIpc) is 2.86. The highest BCUT2D eigenvalue weighted by Gasteiger charge is 2.33. The third kappa shape index (κ3) is 5.23. The second-order valence-electron chi connectivity index (χ2n) is 6.18. The minimum atomic E-state index is -0.834. The maximum absolute atomic E-state index is 12.3. The Kier molecular flexibility index (Phi) is 6.17. The van der Waals surface area contributed by atoms with Crippen molar-refractivity contribution < 1.29 is 14.6 Å². The molecule has 0 aromatic carbocycles. The Morgan fingerprint density at radius 3 is 2.60 bits per heavy atom. The number of esters is 1. The first-order valence-corrected chi connectivity index (χ1v) is 7.77. The van der Waals surface area contributed by atoms with Crippen molar-refractivity contribution >= 4 is 17.3 Å². The van der Waals surface area contributed by atoms with E-state index in [0.717, 1.165) is 4.88 Å². The van der Waals surface area contributed by atoms with Gasteiger partial charge in [-0.25, -0.2) is 0 Å². The molecular weight excluding hydrogens is 274 g/mol. The highest BCUT2D eigenvalue weighted by Crippen LogP contribution is 2.32. The molecule has 20 heavy (non-hydrogen) atoms. The largest absolute Gasteiger partial charge is 0.460 e. The lowest BCUT2D eigenvalue weighted by Gasteiger charge is -2.27. The molecule has 1 heterocycles. The van der Waals surface area contributed by atoms with E-state index in [1.807, 2.05) is 45.2 Å². The van der Waals surface area contributed by atoms with Crippen LogP contribution >= 0.6 is 11.3 Å². The van der Waals surface area contributed by atoms with Crippen LogP contribution in [-0.4, -0.2) is 23.2 Å². The van der Waals surface area contributed by atoms with Crippen molar-refractivity contribution in [1.82, 2.24) is 0 Å². The Bertz CT molecular complexity index is 411. The van der Waals surface area contributed by atoms with Gasteiger partial charge in [-0.15, -0.1) is 11.3 Å². The summed E-state index contributed by atoms with van der Waals surface area (Å²) in [6, 6.07) is 3.70. The second-order valence-corrected chi connectivity index (χ2v) is 7.16. The third-order valence-electron chi connectivity index (χ3n) is 2.98. The monoisotopic (exact) mass is 299 g/mol. The van der Waals surface area contributed by atoms with Gasteiger partial charge in [-0.3, -0.25) is 4.79 Å². The zero-order valence-corrected chi connectivity index (χ0v) is 13.4. The van der Waals surface area contributed by atoms with Crippen LogP contribution < -0.4 is 5.73 Å². The summed E-state index contributed by atoms with van der Waals surface area (Å²) in [4.78, 5) is 13.1. The number of nitrogens with two attached hydrogens (primary N) is 1. The maximum Gasteiger partial charge on any atom is 0.312 e. The summed E-state index contributed by atoms with van der Waals surface area (Å²) in [6.07, 6.45) is -0.316. The van der Waals surface area contributed by atoms with Gasteiger partial charge in [0.25, 0.3) is 0 Å². The van der Waals surface area contributed by atoms with Crippen molar-refractivity contribution in [2.75, 3.05) is 6.54 Å². The molecule has 3 unspecified atom stereocenters. The van der Waals surface area contributed by atoms with Crippen molar-refractivity contribution in [3.05, 3.63) is 22.4 Å². The molecule has 114 valence electrons. The fourth-order valence-corrected chi connectivity index (χ4v) is 2.69. The highest BCUT2D eigenvalue weighted by molar-refractivity contribution is 7.10. The van der Waals surface area contributed by atoms with E-state index < -0.39 is 17.6 Å².